The molecule has 0 aliphatic carbocycles. The van der Waals surface area contributed by atoms with Gasteiger partial charge in [0, 0.05) is 12.6 Å². The number of halogens is 1. The Hall–Kier alpha value is -1.79. The molecule has 1 saturated heterocycles. The minimum Gasteiger partial charge on any atom is -0.410 e. The Morgan fingerprint density at radius 1 is 1.19 bits per heavy atom. The predicted octanol–water partition coefficient (Wildman–Crippen LogP) is 7.95. The van der Waals surface area contributed by atoms with Crippen molar-refractivity contribution in [3.63, 3.8) is 0 Å². The summed E-state index contributed by atoms with van der Waals surface area (Å²) in [6, 6.07) is 14.3. The molecule has 0 amide bonds. The molecule has 1 fully saturated rings. The molecule has 0 aromatic heterocycles. The number of aryl methyl sites for hydroxylation is 1. The van der Waals surface area contributed by atoms with E-state index in [0.717, 1.165) is 49.0 Å². The molecule has 3 atom stereocenters. The van der Waals surface area contributed by atoms with Crippen LogP contribution in [0.3, 0.4) is 0 Å². The van der Waals surface area contributed by atoms with E-state index in [1.165, 1.54) is 0 Å². The summed E-state index contributed by atoms with van der Waals surface area (Å²) in [5, 5.41) is 0.121. The van der Waals surface area contributed by atoms with E-state index in [0.29, 0.717) is 18.2 Å². The summed E-state index contributed by atoms with van der Waals surface area (Å²) in [6.45, 7) is 21.8. The SMILES string of the molecule is C=Cc1ccccc1[C@@H](C)OC[C@@H](CN1CCC[C@H]1Cc1ccc(C)c(F)c1)O[Si](C)(C)C(C)(C)C. The van der Waals surface area contributed by atoms with Crippen LogP contribution in [0, 0.1) is 12.7 Å². The molecule has 3 nitrogen and oxygen atoms in total. The van der Waals surface area contributed by atoms with E-state index in [9.17, 15) is 4.39 Å². The van der Waals surface area contributed by atoms with Crippen LogP contribution in [0.2, 0.25) is 18.1 Å². The Kier molecular flexibility index (Phi) is 9.72. The van der Waals surface area contributed by atoms with E-state index in [4.69, 9.17) is 9.16 Å². The van der Waals surface area contributed by atoms with Gasteiger partial charge in [-0.1, -0.05) is 69.8 Å². The quantitative estimate of drug-likeness (QED) is 0.286. The molecule has 0 saturated carbocycles. The first-order chi connectivity index (χ1) is 16.9. The van der Waals surface area contributed by atoms with E-state index < -0.39 is 8.32 Å². The van der Waals surface area contributed by atoms with Crippen molar-refractivity contribution in [2.45, 2.75) is 90.3 Å². The van der Waals surface area contributed by atoms with Gasteiger partial charge in [0.05, 0.1) is 18.8 Å². The molecular formula is C31H46FNO2Si. The lowest BCUT2D eigenvalue weighted by Gasteiger charge is -2.41. The number of likely N-dealkylation sites (tertiary alicyclic amines) is 1. The average molecular weight is 512 g/mol. The molecule has 1 heterocycles. The van der Waals surface area contributed by atoms with Crippen molar-refractivity contribution in [2.75, 3.05) is 19.7 Å². The molecule has 0 bridgehead atoms. The van der Waals surface area contributed by atoms with Gasteiger partial charge in [0.25, 0.3) is 0 Å². The Morgan fingerprint density at radius 2 is 1.92 bits per heavy atom. The number of nitrogens with zero attached hydrogens (tertiary/aromatic N) is 1. The maximum atomic E-state index is 14.2. The summed E-state index contributed by atoms with van der Waals surface area (Å²) in [7, 11) is -1.99. The molecule has 2 aromatic rings. The minimum absolute atomic E-state index is 0.0143. The highest BCUT2D eigenvalue weighted by Gasteiger charge is 2.40. The van der Waals surface area contributed by atoms with Crippen molar-refractivity contribution in [3.05, 3.63) is 77.1 Å². The topological polar surface area (TPSA) is 21.7 Å². The molecule has 2 aromatic carbocycles. The Bertz CT molecular complexity index is 1020. The Balaban J connectivity index is 1.73. The molecule has 0 unspecified atom stereocenters. The second-order valence-corrected chi connectivity index (χ2v) is 16.6. The third kappa shape index (κ3) is 7.38. The van der Waals surface area contributed by atoms with Gasteiger partial charge in [0.15, 0.2) is 8.32 Å². The van der Waals surface area contributed by atoms with E-state index in [2.05, 4.69) is 76.5 Å². The van der Waals surface area contributed by atoms with Crippen molar-refractivity contribution < 1.29 is 13.6 Å². The van der Waals surface area contributed by atoms with Crippen LogP contribution >= 0.6 is 0 Å². The van der Waals surface area contributed by atoms with Crippen LogP contribution in [0.5, 0.6) is 0 Å². The molecule has 1 aliphatic heterocycles. The van der Waals surface area contributed by atoms with E-state index in [-0.39, 0.29) is 23.1 Å². The van der Waals surface area contributed by atoms with Crippen LogP contribution in [0.15, 0.2) is 49.0 Å². The standard InChI is InChI=1S/C31H46FNO2Si/c1-9-26-13-10-11-15-29(26)24(3)34-22-28(35-36(7,8)31(4,5)6)21-33-18-12-14-27(33)19-25-17-16-23(2)30(32)20-25/h9-11,13,15-17,20,24,27-28H,1,12,14,18-19,21-22H2,2-8H3/t24-,27+,28-/m1/s1. The summed E-state index contributed by atoms with van der Waals surface area (Å²) >= 11 is 0. The van der Waals surface area contributed by atoms with Gasteiger partial charge in [0.2, 0.25) is 0 Å². The smallest absolute Gasteiger partial charge is 0.192 e. The van der Waals surface area contributed by atoms with Crippen LogP contribution < -0.4 is 0 Å². The Labute approximate surface area is 219 Å². The summed E-state index contributed by atoms with van der Waals surface area (Å²) in [4.78, 5) is 2.54. The molecule has 5 heteroatoms. The third-order valence-corrected chi connectivity index (χ3v) is 12.6. The number of hydrogen-bond donors (Lipinski definition) is 0. The molecule has 0 radical (unpaired) electrons. The Morgan fingerprint density at radius 3 is 2.58 bits per heavy atom. The van der Waals surface area contributed by atoms with Gasteiger partial charge >= 0.3 is 0 Å². The lowest BCUT2D eigenvalue weighted by Crippen LogP contribution is -2.49. The predicted molar refractivity (Wildman–Crippen MR) is 152 cm³/mol. The molecule has 0 spiro atoms. The molecule has 3 rings (SSSR count). The summed E-state index contributed by atoms with van der Waals surface area (Å²) in [6.07, 6.45) is 4.99. The van der Waals surface area contributed by atoms with Crippen molar-refractivity contribution in [2.24, 2.45) is 0 Å². The summed E-state index contributed by atoms with van der Waals surface area (Å²) < 4.78 is 27.6. The van der Waals surface area contributed by atoms with Gasteiger partial charge < -0.3 is 9.16 Å². The fraction of sp³-hybridized carbons (Fsp3) is 0.548. The van der Waals surface area contributed by atoms with Crippen LogP contribution in [0.25, 0.3) is 6.08 Å². The van der Waals surface area contributed by atoms with Gasteiger partial charge in [-0.25, -0.2) is 4.39 Å². The zero-order valence-electron chi connectivity index (χ0n) is 23.4. The van der Waals surface area contributed by atoms with Crippen LogP contribution in [-0.4, -0.2) is 45.1 Å². The first-order valence-electron chi connectivity index (χ1n) is 13.4. The lowest BCUT2D eigenvalue weighted by molar-refractivity contribution is -0.0118. The van der Waals surface area contributed by atoms with Crippen molar-refractivity contribution in [3.8, 4) is 0 Å². The molecule has 0 N–H and O–H groups in total. The van der Waals surface area contributed by atoms with Crippen molar-refractivity contribution in [1.29, 1.82) is 0 Å². The van der Waals surface area contributed by atoms with Gasteiger partial charge in [-0.05, 0) is 86.1 Å². The number of rotatable bonds is 11. The van der Waals surface area contributed by atoms with Crippen LogP contribution in [0.1, 0.15) is 68.9 Å². The second kappa shape index (κ2) is 12.2. The maximum absolute atomic E-state index is 14.2. The first kappa shape index (κ1) is 28.8. The van der Waals surface area contributed by atoms with E-state index >= 15 is 0 Å². The highest BCUT2D eigenvalue weighted by Crippen LogP contribution is 2.38. The lowest BCUT2D eigenvalue weighted by atomic mass is 10.0. The minimum atomic E-state index is -1.99. The number of ether oxygens (including phenoxy) is 1. The normalized spacial score (nSPS) is 18.8. The summed E-state index contributed by atoms with van der Waals surface area (Å²) in [5.41, 5.74) is 4.03. The van der Waals surface area contributed by atoms with E-state index in [1.807, 2.05) is 25.1 Å². The molecule has 1 aliphatic rings. The molecular weight excluding hydrogens is 465 g/mol. The average Bonchev–Trinajstić information content (AvgIpc) is 3.25. The zero-order chi connectivity index (χ0) is 26.5. The fourth-order valence-electron chi connectivity index (χ4n) is 4.79. The zero-order valence-corrected chi connectivity index (χ0v) is 24.4. The number of hydrogen-bond acceptors (Lipinski definition) is 3. The third-order valence-electron chi connectivity index (χ3n) is 8.10. The second-order valence-electron chi connectivity index (χ2n) is 11.9. The monoisotopic (exact) mass is 511 g/mol. The van der Waals surface area contributed by atoms with Crippen molar-refractivity contribution >= 4 is 14.4 Å². The van der Waals surface area contributed by atoms with Crippen molar-refractivity contribution in [1.82, 2.24) is 4.90 Å². The van der Waals surface area contributed by atoms with Gasteiger partial charge in [0.1, 0.15) is 5.82 Å². The van der Waals surface area contributed by atoms with Crippen LogP contribution in [-0.2, 0) is 15.6 Å². The number of benzene rings is 2. The maximum Gasteiger partial charge on any atom is 0.192 e. The fourth-order valence-corrected chi connectivity index (χ4v) is 6.12. The largest absolute Gasteiger partial charge is 0.410 e. The summed E-state index contributed by atoms with van der Waals surface area (Å²) in [5.74, 6) is -0.113. The highest BCUT2D eigenvalue weighted by atomic mass is 28.4. The first-order valence-corrected chi connectivity index (χ1v) is 16.3. The van der Waals surface area contributed by atoms with Gasteiger partial charge in [-0.2, -0.15) is 0 Å². The molecule has 198 valence electrons. The van der Waals surface area contributed by atoms with E-state index in [1.54, 1.807) is 6.07 Å². The van der Waals surface area contributed by atoms with Gasteiger partial charge in [-0.15, -0.1) is 0 Å². The highest BCUT2D eigenvalue weighted by molar-refractivity contribution is 6.74. The van der Waals surface area contributed by atoms with Gasteiger partial charge in [-0.3, -0.25) is 4.90 Å². The van der Waals surface area contributed by atoms with Crippen LogP contribution in [0.4, 0.5) is 4.39 Å². The molecule has 36 heavy (non-hydrogen) atoms.